The summed E-state index contributed by atoms with van der Waals surface area (Å²) in [6, 6.07) is 31.5. The van der Waals surface area contributed by atoms with Crippen molar-refractivity contribution in [2.45, 2.75) is 82.5 Å². The first-order valence-electron chi connectivity index (χ1n) is 15.4. The molecule has 0 aromatic heterocycles. The van der Waals surface area contributed by atoms with E-state index in [4.69, 9.17) is 18.6 Å². The number of hydrogen-bond donors (Lipinski definition) is 0. The lowest BCUT2D eigenvalue weighted by atomic mass is 10.1. The lowest BCUT2D eigenvalue weighted by Crippen LogP contribution is -2.67. The van der Waals surface area contributed by atoms with E-state index in [0.717, 1.165) is 5.56 Å². The third kappa shape index (κ3) is 7.62. The molecular weight excluding hydrogens is 552 g/mol. The number of carbonyl (C=O) groups excluding carboxylic acids is 1. The van der Waals surface area contributed by atoms with Crippen LogP contribution in [0.5, 0.6) is 0 Å². The van der Waals surface area contributed by atoms with Gasteiger partial charge in [-0.15, -0.1) is 0 Å². The van der Waals surface area contributed by atoms with Gasteiger partial charge >= 0.3 is 5.97 Å². The monoisotopic (exact) mass is 596 g/mol. The maximum atomic E-state index is 12.5. The molecule has 3 aromatic carbocycles. The van der Waals surface area contributed by atoms with Crippen LogP contribution in [-0.2, 0) is 30.0 Å². The van der Waals surface area contributed by atoms with Crippen molar-refractivity contribution in [2.75, 3.05) is 6.61 Å². The van der Waals surface area contributed by atoms with Crippen molar-refractivity contribution in [1.82, 2.24) is 0 Å². The summed E-state index contributed by atoms with van der Waals surface area (Å²) in [5, 5.41) is 2.26. The summed E-state index contributed by atoms with van der Waals surface area (Å²) in [4.78, 5) is 12.5. The predicted octanol–water partition coefficient (Wildman–Crippen LogP) is 6.51. The predicted molar refractivity (Wildman–Crippen MR) is 174 cm³/mol. The Labute approximate surface area is 257 Å². The van der Waals surface area contributed by atoms with Gasteiger partial charge in [-0.25, -0.2) is 0 Å². The van der Waals surface area contributed by atoms with Gasteiger partial charge in [-0.05, 0) is 33.8 Å². The zero-order valence-corrected chi connectivity index (χ0v) is 26.6. The van der Waals surface area contributed by atoms with Gasteiger partial charge in [0, 0.05) is 12.8 Å². The van der Waals surface area contributed by atoms with E-state index in [-0.39, 0.29) is 17.1 Å². The molecule has 43 heavy (non-hydrogen) atoms. The second-order valence-electron chi connectivity index (χ2n) is 12.4. The van der Waals surface area contributed by atoms with Crippen LogP contribution >= 0.6 is 0 Å². The highest BCUT2D eigenvalue weighted by atomic mass is 28.4. The molecule has 4 atom stereocenters. The molecule has 0 saturated heterocycles. The number of carbonyl (C=O) groups is 1. The van der Waals surface area contributed by atoms with Gasteiger partial charge in [-0.1, -0.05) is 136 Å². The van der Waals surface area contributed by atoms with Crippen molar-refractivity contribution in [3.63, 3.8) is 0 Å². The molecule has 226 valence electrons. The van der Waals surface area contributed by atoms with E-state index in [2.05, 4.69) is 112 Å². The third-order valence-corrected chi connectivity index (χ3v) is 13.3. The maximum absolute atomic E-state index is 12.5. The SMILES string of the molecule is CC(C)(C)[Si](OC[C@H]1O[C@@H]2/C=C\CCC(=O)O[C@H]2C/C=C\C[C@@H]1OCc1ccccc1)(c1ccccc1)c1ccccc1. The fraction of sp³-hybridized carbons (Fsp3) is 0.378. The van der Waals surface area contributed by atoms with E-state index in [1.165, 1.54) is 10.4 Å². The average Bonchev–Trinajstić information content (AvgIpc) is 3.08. The zero-order valence-electron chi connectivity index (χ0n) is 25.6. The molecule has 0 amide bonds. The number of hydrogen-bond acceptors (Lipinski definition) is 5. The van der Waals surface area contributed by atoms with Crippen LogP contribution in [0.25, 0.3) is 0 Å². The van der Waals surface area contributed by atoms with Gasteiger partial charge in [0.05, 0.1) is 19.3 Å². The topological polar surface area (TPSA) is 54.0 Å². The summed E-state index contributed by atoms with van der Waals surface area (Å²) < 4.78 is 26.8. The summed E-state index contributed by atoms with van der Waals surface area (Å²) >= 11 is 0. The largest absolute Gasteiger partial charge is 0.459 e. The van der Waals surface area contributed by atoms with E-state index in [0.29, 0.717) is 38.9 Å². The molecule has 3 aromatic rings. The van der Waals surface area contributed by atoms with Crippen LogP contribution < -0.4 is 10.4 Å². The van der Waals surface area contributed by atoms with Crippen LogP contribution in [0.2, 0.25) is 5.04 Å². The molecule has 2 heterocycles. The van der Waals surface area contributed by atoms with Crippen LogP contribution in [0, 0.1) is 0 Å². The molecular formula is C37H44O5Si. The zero-order chi connectivity index (χ0) is 30.1. The number of fused-ring (bicyclic) bond motifs is 1. The van der Waals surface area contributed by atoms with E-state index in [1.54, 1.807) is 0 Å². The van der Waals surface area contributed by atoms with E-state index in [9.17, 15) is 4.79 Å². The Bertz CT molecular complexity index is 1310. The Hall–Kier alpha value is -3.29. The number of benzene rings is 3. The van der Waals surface area contributed by atoms with Crippen LogP contribution in [0.15, 0.2) is 115 Å². The van der Waals surface area contributed by atoms with Crippen LogP contribution in [0.4, 0.5) is 0 Å². The first kappa shape index (κ1) is 31.1. The van der Waals surface area contributed by atoms with Crippen LogP contribution in [-0.4, -0.2) is 45.3 Å². The molecule has 6 heteroatoms. The Balaban J connectivity index is 1.52. The standard InChI is InChI=1S/C37H44O5Si/c1-37(2,3)43(30-19-9-5-10-20-30,31-21-11-6-12-22-31)40-28-35-32(39-27-29-17-7-4-8-18-29)23-13-14-25-34-33(41-35)24-15-16-26-36(38)42-34/h4-15,17-22,24,32-35H,16,23,25-28H2,1-3H3/b14-13-,24-15-/t32-,33+,34-,35+/m0/s1. The summed E-state index contributed by atoms with van der Waals surface area (Å²) in [7, 11) is -2.82. The molecule has 0 N–H and O–H groups in total. The number of esters is 1. The molecule has 0 unspecified atom stereocenters. The minimum Gasteiger partial charge on any atom is -0.459 e. The van der Waals surface area contributed by atoms with Crippen LogP contribution in [0.1, 0.15) is 52.0 Å². The molecule has 5 nitrogen and oxygen atoms in total. The normalized spacial score (nSPS) is 24.7. The first-order chi connectivity index (χ1) is 20.9. The minimum absolute atomic E-state index is 0.174. The summed E-state index contributed by atoms with van der Waals surface area (Å²) in [6.07, 6.45) is 9.14. The molecule has 0 aliphatic carbocycles. The summed E-state index contributed by atoms with van der Waals surface area (Å²) in [5.74, 6) is -0.187. The lowest BCUT2D eigenvalue weighted by Gasteiger charge is -2.44. The van der Waals surface area contributed by atoms with E-state index in [1.807, 2.05) is 24.3 Å². The molecule has 2 aliphatic heterocycles. The Kier molecular flexibility index (Phi) is 10.5. The number of ether oxygens (including phenoxy) is 3. The number of allylic oxidation sites excluding steroid dienone is 1. The molecule has 0 radical (unpaired) electrons. The summed E-state index contributed by atoms with van der Waals surface area (Å²) in [5.41, 5.74) is 1.11. The van der Waals surface area contributed by atoms with Gasteiger partial charge < -0.3 is 18.6 Å². The summed E-state index contributed by atoms with van der Waals surface area (Å²) in [6.45, 7) is 7.65. The first-order valence-corrected chi connectivity index (χ1v) is 17.3. The average molecular weight is 597 g/mol. The fourth-order valence-corrected chi connectivity index (χ4v) is 10.7. The second-order valence-corrected chi connectivity index (χ2v) is 16.7. The van der Waals surface area contributed by atoms with Crippen molar-refractivity contribution in [3.05, 3.63) is 121 Å². The lowest BCUT2D eigenvalue weighted by molar-refractivity contribution is -0.166. The van der Waals surface area contributed by atoms with Crippen LogP contribution in [0.3, 0.4) is 0 Å². The Morgan fingerprint density at radius 2 is 1.42 bits per heavy atom. The quantitative estimate of drug-likeness (QED) is 0.169. The minimum atomic E-state index is -2.82. The maximum Gasteiger partial charge on any atom is 0.306 e. The molecule has 0 saturated carbocycles. The Morgan fingerprint density at radius 3 is 2.05 bits per heavy atom. The highest BCUT2D eigenvalue weighted by Crippen LogP contribution is 2.37. The van der Waals surface area contributed by atoms with Crippen molar-refractivity contribution >= 4 is 24.7 Å². The van der Waals surface area contributed by atoms with Crippen molar-refractivity contribution in [3.8, 4) is 0 Å². The van der Waals surface area contributed by atoms with Gasteiger partial charge in [0.15, 0.2) is 0 Å². The second kappa shape index (κ2) is 14.5. The highest BCUT2D eigenvalue weighted by Gasteiger charge is 2.51. The van der Waals surface area contributed by atoms with E-state index >= 15 is 0 Å². The highest BCUT2D eigenvalue weighted by molar-refractivity contribution is 6.99. The molecule has 5 rings (SSSR count). The van der Waals surface area contributed by atoms with E-state index < -0.39 is 26.6 Å². The number of rotatable bonds is 8. The fourth-order valence-electron chi connectivity index (χ4n) is 6.14. The van der Waals surface area contributed by atoms with Gasteiger partial charge in [-0.2, -0.15) is 0 Å². The molecule has 2 aliphatic rings. The van der Waals surface area contributed by atoms with Gasteiger partial charge in [0.2, 0.25) is 0 Å². The van der Waals surface area contributed by atoms with Gasteiger partial charge in [0.1, 0.15) is 18.3 Å². The van der Waals surface area contributed by atoms with Crippen molar-refractivity contribution < 1.29 is 23.4 Å². The third-order valence-electron chi connectivity index (χ3n) is 8.33. The molecule has 0 bridgehead atoms. The van der Waals surface area contributed by atoms with Crippen molar-refractivity contribution in [1.29, 1.82) is 0 Å². The molecule has 0 fully saturated rings. The van der Waals surface area contributed by atoms with Gasteiger partial charge in [-0.3, -0.25) is 4.79 Å². The molecule has 0 spiro atoms. The Morgan fingerprint density at radius 1 is 0.814 bits per heavy atom. The van der Waals surface area contributed by atoms with Crippen molar-refractivity contribution in [2.24, 2.45) is 0 Å². The smallest absolute Gasteiger partial charge is 0.306 e. The van der Waals surface area contributed by atoms with Gasteiger partial charge in [0.25, 0.3) is 8.32 Å².